The highest BCUT2D eigenvalue weighted by molar-refractivity contribution is 7.14. The molecule has 0 aliphatic carbocycles. The lowest BCUT2D eigenvalue weighted by atomic mass is 10.1. The normalized spacial score (nSPS) is 12.2. The molecule has 0 spiro atoms. The number of halogens is 1. The zero-order valence-corrected chi connectivity index (χ0v) is 12.8. The molecule has 3 nitrogen and oxygen atoms in total. The Balaban J connectivity index is 2.19. The fraction of sp³-hybridized carbons (Fsp3) is 0.312. The molecule has 1 aromatic heterocycles. The molecule has 1 atom stereocenters. The lowest BCUT2D eigenvalue weighted by Crippen LogP contribution is -2.32. The summed E-state index contributed by atoms with van der Waals surface area (Å²) < 4.78 is 13.0. The van der Waals surface area contributed by atoms with Gasteiger partial charge in [-0.2, -0.15) is 0 Å². The van der Waals surface area contributed by atoms with Crippen LogP contribution in [0.25, 0.3) is 11.1 Å². The van der Waals surface area contributed by atoms with Crippen LogP contribution in [-0.2, 0) is 0 Å². The number of aryl methyl sites for hydroxylation is 1. The lowest BCUT2D eigenvalue weighted by Gasteiger charge is -2.10. The van der Waals surface area contributed by atoms with Crippen LogP contribution in [0.4, 0.5) is 4.39 Å². The quantitative estimate of drug-likeness (QED) is 0.890. The molecule has 1 heterocycles. The Kier molecular flexibility index (Phi) is 5.09. The van der Waals surface area contributed by atoms with Crippen molar-refractivity contribution in [3.63, 3.8) is 0 Å². The van der Waals surface area contributed by atoms with Crippen molar-refractivity contribution in [1.82, 2.24) is 5.32 Å². The number of aliphatic hydroxyl groups is 1. The minimum atomic E-state index is -0.276. The Bertz CT molecular complexity index is 622. The minimum Gasteiger partial charge on any atom is -0.396 e. The average Bonchev–Trinajstić information content (AvgIpc) is 2.82. The van der Waals surface area contributed by atoms with E-state index in [0.29, 0.717) is 11.3 Å². The van der Waals surface area contributed by atoms with E-state index in [1.807, 2.05) is 19.9 Å². The molecule has 0 bridgehead atoms. The molecule has 112 valence electrons. The number of amides is 1. The summed E-state index contributed by atoms with van der Waals surface area (Å²) in [6.45, 7) is 3.85. The van der Waals surface area contributed by atoms with Gasteiger partial charge in [0.2, 0.25) is 0 Å². The van der Waals surface area contributed by atoms with Crippen molar-refractivity contribution in [2.75, 3.05) is 6.61 Å². The molecule has 5 heteroatoms. The van der Waals surface area contributed by atoms with Crippen LogP contribution in [0.3, 0.4) is 0 Å². The number of carbonyl (C=O) groups excluding carboxylic acids is 1. The molecule has 21 heavy (non-hydrogen) atoms. The van der Waals surface area contributed by atoms with Crippen molar-refractivity contribution in [1.29, 1.82) is 0 Å². The van der Waals surface area contributed by atoms with Crippen LogP contribution >= 0.6 is 11.3 Å². The van der Waals surface area contributed by atoms with E-state index >= 15 is 0 Å². The van der Waals surface area contributed by atoms with E-state index in [1.165, 1.54) is 23.5 Å². The van der Waals surface area contributed by atoms with Gasteiger partial charge < -0.3 is 10.4 Å². The van der Waals surface area contributed by atoms with E-state index < -0.39 is 0 Å². The fourth-order valence-electron chi connectivity index (χ4n) is 2.07. The summed E-state index contributed by atoms with van der Waals surface area (Å²) in [5.41, 5.74) is 1.84. The molecule has 1 amide bonds. The standard InChI is InChI=1S/C16H18FNO2S/c1-10(7-8-19)18-16(20)15-9-14(11(2)21-15)12-3-5-13(17)6-4-12/h3-6,9-10,19H,7-8H2,1-2H3,(H,18,20). The van der Waals surface area contributed by atoms with Crippen LogP contribution < -0.4 is 5.32 Å². The van der Waals surface area contributed by atoms with Gasteiger partial charge in [0.05, 0.1) is 4.88 Å². The molecule has 2 rings (SSSR count). The predicted octanol–water partition coefficient (Wildman–Crippen LogP) is 3.36. The van der Waals surface area contributed by atoms with Gasteiger partial charge in [-0.1, -0.05) is 12.1 Å². The average molecular weight is 307 g/mol. The van der Waals surface area contributed by atoms with Crippen molar-refractivity contribution < 1.29 is 14.3 Å². The van der Waals surface area contributed by atoms with E-state index in [-0.39, 0.29) is 24.4 Å². The third kappa shape index (κ3) is 3.89. The third-order valence-corrected chi connectivity index (χ3v) is 4.29. The maximum atomic E-state index is 13.0. The van der Waals surface area contributed by atoms with Crippen molar-refractivity contribution in [2.45, 2.75) is 26.3 Å². The largest absolute Gasteiger partial charge is 0.396 e. The summed E-state index contributed by atoms with van der Waals surface area (Å²) in [5.74, 6) is -0.417. The Morgan fingerprint density at radius 3 is 2.67 bits per heavy atom. The van der Waals surface area contributed by atoms with Crippen LogP contribution in [0.15, 0.2) is 30.3 Å². The maximum absolute atomic E-state index is 13.0. The number of rotatable bonds is 5. The molecule has 0 fully saturated rings. The Labute approximate surface area is 127 Å². The number of thiophene rings is 1. The first-order valence-corrected chi connectivity index (χ1v) is 7.61. The van der Waals surface area contributed by atoms with Crippen molar-refractivity contribution in [3.8, 4) is 11.1 Å². The van der Waals surface area contributed by atoms with Gasteiger partial charge in [-0.25, -0.2) is 4.39 Å². The van der Waals surface area contributed by atoms with Gasteiger partial charge in [-0.3, -0.25) is 4.79 Å². The van der Waals surface area contributed by atoms with E-state index in [1.54, 1.807) is 12.1 Å². The van der Waals surface area contributed by atoms with Crippen molar-refractivity contribution in [2.24, 2.45) is 0 Å². The fourth-order valence-corrected chi connectivity index (χ4v) is 3.02. The van der Waals surface area contributed by atoms with Crippen LogP contribution in [0.5, 0.6) is 0 Å². The van der Waals surface area contributed by atoms with Gasteiger partial charge in [0, 0.05) is 17.5 Å². The SMILES string of the molecule is Cc1sc(C(=O)NC(C)CCO)cc1-c1ccc(F)cc1. The first-order chi connectivity index (χ1) is 10.0. The van der Waals surface area contributed by atoms with Crippen LogP contribution in [0.1, 0.15) is 27.9 Å². The molecule has 1 aromatic carbocycles. The highest BCUT2D eigenvalue weighted by atomic mass is 32.1. The molecule has 0 saturated carbocycles. The second-order valence-electron chi connectivity index (χ2n) is 4.97. The van der Waals surface area contributed by atoms with Crippen molar-refractivity contribution in [3.05, 3.63) is 45.9 Å². The highest BCUT2D eigenvalue weighted by Gasteiger charge is 2.15. The Morgan fingerprint density at radius 1 is 1.38 bits per heavy atom. The molecule has 2 N–H and O–H groups in total. The summed E-state index contributed by atoms with van der Waals surface area (Å²) in [6.07, 6.45) is 0.529. The van der Waals surface area contributed by atoms with Gasteiger partial charge in [0.1, 0.15) is 5.82 Å². The zero-order valence-electron chi connectivity index (χ0n) is 12.0. The third-order valence-electron chi connectivity index (χ3n) is 3.24. The molecule has 2 aromatic rings. The van der Waals surface area contributed by atoms with Crippen LogP contribution in [0, 0.1) is 12.7 Å². The monoisotopic (exact) mass is 307 g/mol. The molecular formula is C16H18FNO2S. The lowest BCUT2D eigenvalue weighted by molar-refractivity contribution is 0.0938. The summed E-state index contributed by atoms with van der Waals surface area (Å²) in [5, 5.41) is 11.7. The minimum absolute atomic E-state index is 0.0474. The van der Waals surface area contributed by atoms with Gasteiger partial charge in [-0.05, 0) is 49.6 Å². The Hall–Kier alpha value is -1.72. The molecular weight excluding hydrogens is 289 g/mol. The first-order valence-electron chi connectivity index (χ1n) is 6.79. The number of carbonyl (C=O) groups is 1. The molecule has 0 aliphatic heterocycles. The van der Waals surface area contributed by atoms with Crippen molar-refractivity contribution >= 4 is 17.2 Å². The number of nitrogens with one attached hydrogen (secondary N) is 1. The maximum Gasteiger partial charge on any atom is 0.261 e. The Morgan fingerprint density at radius 2 is 2.05 bits per heavy atom. The summed E-state index contributed by atoms with van der Waals surface area (Å²) in [4.78, 5) is 13.8. The van der Waals surface area contributed by atoms with Gasteiger partial charge >= 0.3 is 0 Å². The summed E-state index contributed by atoms with van der Waals surface area (Å²) in [7, 11) is 0. The molecule has 0 aliphatic rings. The number of hydrogen-bond donors (Lipinski definition) is 2. The highest BCUT2D eigenvalue weighted by Crippen LogP contribution is 2.31. The topological polar surface area (TPSA) is 49.3 Å². The molecule has 1 unspecified atom stereocenters. The van der Waals surface area contributed by atoms with Gasteiger partial charge in [0.25, 0.3) is 5.91 Å². The van der Waals surface area contributed by atoms with Gasteiger partial charge in [0.15, 0.2) is 0 Å². The second kappa shape index (κ2) is 6.83. The second-order valence-corrected chi connectivity index (χ2v) is 6.23. The number of aliphatic hydroxyl groups excluding tert-OH is 1. The number of hydrogen-bond acceptors (Lipinski definition) is 3. The smallest absolute Gasteiger partial charge is 0.261 e. The summed E-state index contributed by atoms with van der Waals surface area (Å²) in [6, 6.07) is 8.00. The molecule has 0 saturated heterocycles. The van der Waals surface area contributed by atoms with Crippen LogP contribution in [0.2, 0.25) is 0 Å². The van der Waals surface area contributed by atoms with Gasteiger partial charge in [-0.15, -0.1) is 11.3 Å². The van der Waals surface area contributed by atoms with Crippen LogP contribution in [-0.4, -0.2) is 23.7 Å². The van der Waals surface area contributed by atoms with E-state index in [4.69, 9.17) is 5.11 Å². The van der Waals surface area contributed by atoms with E-state index in [2.05, 4.69) is 5.32 Å². The van der Waals surface area contributed by atoms with E-state index in [9.17, 15) is 9.18 Å². The summed E-state index contributed by atoms with van der Waals surface area (Å²) >= 11 is 1.41. The predicted molar refractivity (Wildman–Crippen MR) is 83.1 cm³/mol. The van der Waals surface area contributed by atoms with E-state index in [0.717, 1.165) is 16.0 Å². The first kappa shape index (κ1) is 15.7. The number of benzene rings is 1. The molecule has 0 radical (unpaired) electrons. The zero-order chi connectivity index (χ0) is 15.4.